The molecule has 0 fully saturated rings. The molecule has 5 heteroatoms. The third-order valence-corrected chi connectivity index (χ3v) is 2.87. The van der Waals surface area contributed by atoms with Gasteiger partial charge in [-0.3, -0.25) is 0 Å². The molecule has 86 valence electrons. The average Bonchev–Trinajstić information content (AvgIpc) is 2.06. The molecule has 0 bridgehead atoms. The normalized spacial score (nSPS) is 18.1. The van der Waals surface area contributed by atoms with Crippen LogP contribution < -0.4 is 0 Å². The van der Waals surface area contributed by atoms with Gasteiger partial charge in [0.25, 0.3) is 0 Å². The van der Waals surface area contributed by atoms with Crippen LogP contribution in [-0.2, 0) is 4.74 Å². The van der Waals surface area contributed by atoms with E-state index in [0.717, 1.165) is 9.94 Å². The van der Waals surface area contributed by atoms with Crippen molar-refractivity contribution in [1.82, 2.24) is 4.90 Å². The van der Waals surface area contributed by atoms with Crippen LogP contribution >= 0.6 is 24.2 Å². The van der Waals surface area contributed by atoms with Gasteiger partial charge in [0.1, 0.15) is 5.60 Å². The molecule has 1 heterocycles. The third kappa shape index (κ3) is 3.95. The van der Waals surface area contributed by atoms with E-state index in [0.29, 0.717) is 19.5 Å². The number of hydrogen-bond donors (Lipinski definition) is 1. The fourth-order valence-electron chi connectivity index (χ4n) is 1.21. The van der Waals surface area contributed by atoms with E-state index in [4.69, 9.17) is 16.3 Å². The number of carbonyl (C=O) groups is 1. The van der Waals surface area contributed by atoms with Gasteiger partial charge in [0.15, 0.2) is 0 Å². The Morgan fingerprint density at radius 3 is 2.60 bits per heavy atom. The van der Waals surface area contributed by atoms with Crippen molar-refractivity contribution in [3.63, 3.8) is 0 Å². The second-order valence-corrected chi connectivity index (χ2v) is 5.50. The van der Waals surface area contributed by atoms with Crippen LogP contribution in [-0.4, -0.2) is 29.7 Å². The molecule has 3 nitrogen and oxygen atoms in total. The first kappa shape index (κ1) is 12.7. The van der Waals surface area contributed by atoms with E-state index in [1.807, 2.05) is 20.8 Å². The lowest BCUT2D eigenvalue weighted by Crippen LogP contribution is -2.39. The number of halogens is 1. The fourth-order valence-corrected chi connectivity index (χ4v) is 1.63. The van der Waals surface area contributed by atoms with Crippen molar-refractivity contribution in [3.8, 4) is 0 Å². The highest BCUT2D eigenvalue weighted by Gasteiger charge is 2.25. The highest BCUT2D eigenvalue weighted by molar-refractivity contribution is 7.84. The van der Waals surface area contributed by atoms with Gasteiger partial charge in [-0.2, -0.15) is 0 Å². The number of amides is 1. The molecule has 1 amide bonds. The summed E-state index contributed by atoms with van der Waals surface area (Å²) in [5.74, 6) is 0. The van der Waals surface area contributed by atoms with Crippen molar-refractivity contribution in [3.05, 3.63) is 9.94 Å². The molecule has 1 rings (SSSR count). The minimum absolute atomic E-state index is 0.307. The maximum Gasteiger partial charge on any atom is 0.410 e. The molecule has 15 heavy (non-hydrogen) atoms. The molecule has 0 radical (unpaired) electrons. The lowest BCUT2D eigenvalue weighted by atomic mass is 10.2. The summed E-state index contributed by atoms with van der Waals surface area (Å²) in [7, 11) is 0. The maximum atomic E-state index is 11.7. The fraction of sp³-hybridized carbons (Fsp3) is 0.700. The molecule has 0 aliphatic carbocycles. The Hall–Kier alpha value is -0.350. The highest BCUT2D eigenvalue weighted by Crippen LogP contribution is 2.24. The summed E-state index contributed by atoms with van der Waals surface area (Å²) in [6.45, 7) is 6.58. The second-order valence-electron chi connectivity index (χ2n) is 4.50. The van der Waals surface area contributed by atoms with E-state index in [1.54, 1.807) is 4.90 Å². The van der Waals surface area contributed by atoms with E-state index < -0.39 is 5.60 Å². The topological polar surface area (TPSA) is 29.5 Å². The van der Waals surface area contributed by atoms with Crippen LogP contribution in [0.2, 0.25) is 0 Å². The van der Waals surface area contributed by atoms with Gasteiger partial charge < -0.3 is 9.64 Å². The number of carbonyl (C=O) groups excluding carboxylic acids is 1. The van der Waals surface area contributed by atoms with Crippen molar-refractivity contribution in [2.75, 3.05) is 13.1 Å². The Morgan fingerprint density at radius 1 is 1.53 bits per heavy atom. The van der Waals surface area contributed by atoms with Crippen molar-refractivity contribution in [1.29, 1.82) is 0 Å². The monoisotopic (exact) mass is 249 g/mol. The third-order valence-electron chi connectivity index (χ3n) is 1.91. The zero-order chi connectivity index (χ0) is 11.6. The van der Waals surface area contributed by atoms with E-state index in [1.165, 1.54) is 0 Å². The van der Waals surface area contributed by atoms with E-state index in [2.05, 4.69) is 12.6 Å². The minimum Gasteiger partial charge on any atom is -0.444 e. The van der Waals surface area contributed by atoms with Crippen molar-refractivity contribution in [2.45, 2.75) is 32.8 Å². The molecule has 0 unspecified atom stereocenters. The minimum atomic E-state index is -0.460. The summed E-state index contributed by atoms with van der Waals surface area (Å²) in [6.07, 6.45) is 0.345. The molecule has 1 aliphatic rings. The van der Waals surface area contributed by atoms with Crippen molar-refractivity contribution in [2.24, 2.45) is 0 Å². The molecule has 0 N–H and O–H groups in total. The van der Waals surface area contributed by atoms with E-state index in [9.17, 15) is 4.79 Å². The Kier molecular flexibility index (Phi) is 3.95. The van der Waals surface area contributed by atoms with Gasteiger partial charge in [0, 0.05) is 22.9 Å². The molecular formula is C10H16ClNO2S. The second kappa shape index (κ2) is 4.66. The molecule has 0 saturated heterocycles. The van der Waals surface area contributed by atoms with Gasteiger partial charge >= 0.3 is 6.09 Å². The van der Waals surface area contributed by atoms with Crippen LogP contribution in [0.25, 0.3) is 0 Å². The van der Waals surface area contributed by atoms with Gasteiger partial charge in [-0.1, -0.05) is 11.6 Å². The first-order valence-electron chi connectivity index (χ1n) is 4.84. The molecule has 0 aromatic heterocycles. The van der Waals surface area contributed by atoms with Crippen LogP contribution in [0.5, 0.6) is 0 Å². The number of rotatable bonds is 0. The Balaban J connectivity index is 2.57. The molecule has 0 spiro atoms. The lowest BCUT2D eigenvalue weighted by molar-refractivity contribution is 0.0265. The van der Waals surface area contributed by atoms with Gasteiger partial charge in [0.2, 0.25) is 0 Å². The summed E-state index contributed by atoms with van der Waals surface area (Å²) in [4.78, 5) is 14.0. The zero-order valence-electron chi connectivity index (χ0n) is 9.21. The van der Waals surface area contributed by atoms with Crippen LogP contribution in [0.3, 0.4) is 0 Å². The molecular weight excluding hydrogens is 234 g/mol. The predicted molar refractivity (Wildman–Crippen MR) is 64.3 cm³/mol. The van der Waals surface area contributed by atoms with Gasteiger partial charge in [-0.15, -0.1) is 12.6 Å². The molecule has 0 saturated carbocycles. The van der Waals surface area contributed by atoms with E-state index >= 15 is 0 Å². The number of hydrogen-bond acceptors (Lipinski definition) is 3. The molecule has 1 aliphatic heterocycles. The summed E-state index contributed by atoms with van der Waals surface area (Å²) >= 11 is 10.1. The van der Waals surface area contributed by atoms with Crippen LogP contribution in [0.15, 0.2) is 9.94 Å². The summed E-state index contributed by atoms with van der Waals surface area (Å²) in [5, 5.41) is 0.734. The summed E-state index contributed by atoms with van der Waals surface area (Å²) in [5.41, 5.74) is -0.460. The van der Waals surface area contributed by atoms with E-state index in [-0.39, 0.29) is 6.09 Å². The maximum absolute atomic E-state index is 11.7. The molecule has 0 aromatic carbocycles. The Morgan fingerprint density at radius 2 is 2.13 bits per heavy atom. The summed E-state index contributed by atoms with van der Waals surface area (Å²) < 4.78 is 5.25. The first-order valence-corrected chi connectivity index (χ1v) is 5.66. The SMILES string of the molecule is CC(C)(C)OC(=O)N1CCC(Cl)=C(S)C1. The average molecular weight is 250 g/mol. The molecule has 0 aromatic rings. The van der Waals surface area contributed by atoms with Gasteiger partial charge in [-0.05, 0) is 20.8 Å². The summed E-state index contributed by atoms with van der Waals surface area (Å²) in [6, 6.07) is 0. The van der Waals surface area contributed by atoms with Crippen LogP contribution in [0, 0.1) is 0 Å². The largest absolute Gasteiger partial charge is 0.444 e. The van der Waals surface area contributed by atoms with Crippen LogP contribution in [0.1, 0.15) is 27.2 Å². The van der Waals surface area contributed by atoms with Gasteiger partial charge in [-0.25, -0.2) is 4.79 Å². The van der Waals surface area contributed by atoms with Crippen molar-refractivity contribution < 1.29 is 9.53 Å². The zero-order valence-corrected chi connectivity index (χ0v) is 10.9. The number of nitrogens with zero attached hydrogens (tertiary/aromatic N) is 1. The van der Waals surface area contributed by atoms with Crippen LogP contribution in [0.4, 0.5) is 4.79 Å². The number of thiol groups is 1. The lowest BCUT2D eigenvalue weighted by Gasteiger charge is -2.30. The Labute approximate surface area is 101 Å². The first-order chi connectivity index (χ1) is 6.79. The molecule has 0 atom stereocenters. The van der Waals surface area contributed by atoms with Crippen molar-refractivity contribution >= 4 is 30.3 Å². The number of ether oxygens (including phenoxy) is 1. The standard InChI is InChI=1S/C10H16ClNO2S/c1-10(2,3)14-9(13)12-5-4-7(11)8(15)6-12/h15H,4-6H2,1-3H3. The highest BCUT2D eigenvalue weighted by atomic mass is 35.5. The van der Waals surface area contributed by atoms with Gasteiger partial charge in [0.05, 0.1) is 6.54 Å². The predicted octanol–water partition coefficient (Wildman–Crippen LogP) is 3.01. The smallest absolute Gasteiger partial charge is 0.410 e. The Bertz CT molecular complexity index is 296. The quantitative estimate of drug-likeness (QED) is 0.669.